The minimum absolute atomic E-state index is 0.0238. The first-order valence-corrected chi connectivity index (χ1v) is 22.3. The van der Waals surface area contributed by atoms with Gasteiger partial charge in [-0.05, 0) is 97.3 Å². The van der Waals surface area contributed by atoms with E-state index in [1.807, 2.05) is 11.3 Å². The predicted octanol–water partition coefficient (Wildman–Crippen LogP) is 16.1. The van der Waals surface area contributed by atoms with Crippen LogP contribution in [0.5, 0.6) is 0 Å². The van der Waals surface area contributed by atoms with Crippen molar-refractivity contribution in [3.63, 3.8) is 0 Å². The summed E-state index contributed by atoms with van der Waals surface area (Å²) < 4.78 is 3.81. The van der Waals surface area contributed by atoms with Crippen molar-refractivity contribution in [3.05, 3.63) is 241 Å². The van der Waals surface area contributed by atoms with E-state index in [9.17, 15) is 0 Å². The summed E-state index contributed by atoms with van der Waals surface area (Å²) in [7, 11) is 0. The van der Waals surface area contributed by atoms with E-state index in [1.165, 1.54) is 103 Å². The predicted molar refractivity (Wildman–Crippen MR) is 265 cm³/mol. The molecule has 3 heteroatoms. The molecule has 11 aromatic rings. The van der Waals surface area contributed by atoms with E-state index in [-0.39, 0.29) is 12.1 Å². The third-order valence-electron chi connectivity index (χ3n) is 12.9. The molecule has 9 aromatic carbocycles. The van der Waals surface area contributed by atoms with Crippen molar-refractivity contribution < 1.29 is 0 Å². The zero-order valence-corrected chi connectivity index (χ0v) is 34.9. The summed E-state index contributed by atoms with van der Waals surface area (Å²) in [4.78, 5) is 1.27. The van der Waals surface area contributed by atoms with Gasteiger partial charge in [0.25, 0.3) is 0 Å². The largest absolute Gasteiger partial charge is 0.301 e. The highest BCUT2D eigenvalue weighted by Crippen LogP contribution is 2.49. The minimum atomic E-state index is 0.0238. The Bertz CT molecular complexity index is 3520. The number of nitrogens with zero attached hydrogens (tertiary/aromatic N) is 1. The molecule has 0 saturated carbocycles. The molecule has 2 atom stereocenters. The molecule has 12 rings (SSSR count). The van der Waals surface area contributed by atoms with Crippen LogP contribution in [0.1, 0.15) is 35.2 Å². The molecule has 0 radical (unpaired) electrons. The molecule has 1 aliphatic rings. The van der Waals surface area contributed by atoms with E-state index >= 15 is 0 Å². The van der Waals surface area contributed by atoms with Gasteiger partial charge in [-0.3, -0.25) is 5.32 Å². The maximum atomic E-state index is 4.59. The second kappa shape index (κ2) is 15.0. The number of nitrogens with one attached hydrogen (secondary N) is 1. The average Bonchev–Trinajstić information content (AvgIpc) is 3.82. The second-order valence-electron chi connectivity index (χ2n) is 16.6. The molecule has 0 saturated heterocycles. The van der Waals surface area contributed by atoms with E-state index in [2.05, 4.69) is 229 Å². The molecule has 0 spiro atoms. The Kier molecular flexibility index (Phi) is 8.84. The van der Waals surface area contributed by atoms with Crippen molar-refractivity contribution in [2.24, 2.45) is 0 Å². The standard InChI is InChI=1S/C59H42N2S/c1-38-34-48(39-14-4-2-5-15-39)37-53(60-57(38)44-17-6-3-7-18-44)43-27-24-41(25-28-43)42-30-32-49(33-31-42)61-54-23-13-12-22-51(54)56-55-50-21-11-10-20-46(50)36-52(58(55)62-59(56)61)47-29-26-40-16-8-9-19-45(40)35-47/h2-33,35-37,53,57,60H,1,34H2. The van der Waals surface area contributed by atoms with Gasteiger partial charge < -0.3 is 4.57 Å². The van der Waals surface area contributed by atoms with E-state index < -0.39 is 0 Å². The van der Waals surface area contributed by atoms with E-state index in [4.69, 9.17) is 0 Å². The van der Waals surface area contributed by atoms with Crippen LogP contribution in [0, 0.1) is 0 Å². The quantitative estimate of drug-likeness (QED) is 0.166. The van der Waals surface area contributed by atoms with Crippen molar-refractivity contribution in [1.29, 1.82) is 0 Å². The van der Waals surface area contributed by atoms with E-state index in [1.54, 1.807) is 0 Å². The Hall–Kier alpha value is -7.30. The number of allylic oxidation sites excluding steroid dienone is 1. The summed E-state index contributed by atoms with van der Waals surface area (Å²) in [5, 5.41) is 13.0. The lowest BCUT2D eigenvalue weighted by Gasteiger charge is -2.24. The molecular formula is C59H42N2S. The highest BCUT2D eigenvalue weighted by molar-refractivity contribution is 7.26. The van der Waals surface area contributed by atoms with Gasteiger partial charge in [-0.25, -0.2) is 0 Å². The summed E-state index contributed by atoms with van der Waals surface area (Å²) in [6.07, 6.45) is 3.22. The van der Waals surface area contributed by atoms with Gasteiger partial charge in [-0.15, -0.1) is 11.3 Å². The maximum absolute atomic E-state index is 4.59. The highest BCUT2D eigenvalue weighted by atomic mass is 32.1. The lowest BCUT2D eigenvalue weighted by molar-refractivity contribution is 0.550. The van der Waals surface area contributed by atoms with E-state index in [0.29, 0.717) is 0 Å². The van der Waals surface area contributed by atoms with Crippen molar-refractivity contribution in [2.75, 3.05) is 0 Å². The van der Waals surface area contributed by atoms with Gasteiger partial charge in [0.15, 0.2) is 0 Å². The third kappa shape index (κ3) is 6.20. The summed E-state index contributed by atoms with van der Waals surface area (Å²) >= 11 is 1.91. The lowest BCUT2D eigenvalue weighted by Crippen LogP contribution is -2.25. The fourth-order valence-corrected chi connectivity index (χ4v) is 11.2. The number of aromatic nitrogens is 1. The van der Waals surface area contributed by atoms with Crippen LogP contribution in [0.4, 0.5) is 0 Å². The fourth-order valence-electron chi connectivity index (χ4n) is 9.82. The zero-order valence-electron chi connectivity index (χ0n) is 34.1. The van der Waals surface area contributed by atoms with Gasteiger partial charge >= 0.3 is 0 Å². The van der Waals surface area contributed by atoms with Crippen molar-refractivity contribution >= 4 is 69.7 Å². The fraction of sp³-hybridized carbons (Fsp3) is 0.0508. The van der Waals surface area contributed by atoms with Crippen molar-refractivity contribution in [3.8, 4) is 27.9 Å². The molecule has 2 nitrogen and oxygen atoms in total. The second-order valence-corrected chi connectivity index (χ2v) is 17.6. The topological polar surface area (TPSA) is 17.0 Å². The number of hydrogen-bond donors (Lipinski definition) is 1. The van der Waals surface area contributed by atoms with Crippen LogP contribution in [-0.4, -0.2) is 4.57 Å². The summed E-state index contributed by atoms with van der Waals surface area (Å²) in [6.45, 7) is 4.59. The van der Waals surface area contributed by atoms with Gasteiger partial charge in [0, 0.05) is 32.1 Å². The van der Waals surface area contributed by atoms with Gasteiger partial charge in [0.05, 0.1) is 17.6 Å². The van der Waals surface area contributed by atoms with Crippen LogP contribution in [0.25, 0.3) is 86.3 Å². The Morgan fingerprint density at radius 3 is 1.90 bits per heavy atom. The number of benzene rings is 9. The monoisotopic (exact) mass is 810 g/mol. The van der Waals surface area contributed by atoms with Crippen LogP contribution < -0.4 is 5.32 Å². The molecule has 0 amide bonds. The zero-order chi connectivity index (χ0) is 41.1. The summed E-state index contributed by atoms with van der Waals surface area (Å²) in [6, 6.07) is 75.5. The van der Waals surface area contributed by atoms with Crippen LogP contribution in [0.3, 0.4) is 0 Å². The third-order valence-corrected chi connectivity index (χ3v) is 14.1. The van der Waals surface area contributed by atoms with Gasteiger partial charge in [-0.1, -0.05) is 194 Å². The van der Waals surface area contributed by atoms with Crippen molar-refractivity contribution in [2.45, 2.75) is 18.5 Å². The number of fused-ring (bicyclic) bond motifs is 8. The molecule has 1 N–H and O–H groups in total. The summed E-state index contributed by atoms with van der Waals surface area (Å²) in [5.41, 5.74) is 13.5. The van der Waals surface area contributed by atoms with Crippen LogP contribution in [0.15, 0.2) is 224 Å². The minimum Gasteiger partial charge on any atom is -0.301 e. The van der Waals surface area contributed by atoms with E-state index in [0.717, 1.165) is 12.1 Å². The average molecular weight is 811 g/mol. The Morgan fingerprint density at radius 2 is 1.13 bits per heavy atom. The smallest absolute Gasteiger partial charge is 0.109 e. The van der Waals surface area contributed by atoms with Crippen LogP contribution in [-0.2, 0) is 0 Å². The summed E-state index contributed by atoms with van der Waals surface area (Å²) in [5.74, 6) is 0. The molecule has 0 bridgehead atoms. The first-order valence-electron chi connectivity index (χ1n) is 21.5. The molecule has 0 fully saturated rings. The maximum Gasteiger partial charge on any atom is 0.109 e. The number of rotatable bonds is 6. The van der Waals surface area contributed by atoms with Crippen molar-refractivity contribution in [1.82, 2.24) is 9.88 Å². The normalized spacial score (nSPS) is 15.7. The number of thiophene rings is 1. The Morgan fingerprint density at radius 1 is 0.500 bits per heavy atom. The lowest BCUT2D eigenvalue weighted by atomic mass is 9.93. The highest BCUT2D eigenvalue weighted by Gasteiger charge is 2.26. The number of para-hydroxylation sites is 1. The van der Waals surface area contributed by atoms with Crippen LogP contribution >= 0.6 is 11.3 Å². The van der Waals surface area contributed by atoms with Gasteiger partial charge in [-0.2, -0.15) is 0 Å². The Balaban J connectivity index is 0.934. The molecule has 1 aliphatic heterocycles. The molecule has 2 aromatic heterocycles. The van der Waals surface area contributed by atoms with Crippen LogP contribution in [0.2, 0.25) is 0 Å². The van der Waals surface area contributed by atoms with Gasteiger partial charge in [0.2, 0.25) is 0 Å². The molecule has 62 heavy (non-hydrogen) atoms. The SMILES string of the molecule is C=C1CC(c2ccccc2)=CC(c2ccc(-c3ccc(-n4c5ccccc5c5c6c(sc54)c(-c4ccc5ccccc5c4)cc4ccccc46)cc3)cc2)NC1c1ccccc1. The van der Waals surface area contributed by atoms with Gasteiger partial charge in [0.1, 0.15) is 4.83 Å². The molecular weight excluding hydrogens is 769 g/mol. The molecule has 0 aliphatic carbocycles. The first-order chi connectivity index (χ1) is 30.6. The Labute approximate surface area is 365 Å². The molecule has 294 valence electrons. The molecule has 2 unspecified atom stereocenters. The molecule has 3 heterocycles. The first kappa shape index (κ1) is 36.5. The number of hydrogen-bond acceptors (Lipinski definition) is 2.